The molecule has 0 saturated carbocycles. The van der Waals surface area contributed by atoms with Crippen LogP contribution in [0.2, 0.25) is 0 Å². The second-order valence-corrected chi connectivity index (χ2v) is 10.4. The van der Waals surface area contributed by atoms with Crippen molar-refractivity contribution in [3.05, 3.63) is 71.3 Å². The molecule has 8 heteroatoms. The van der Waals surface area contributed by atoms with E-state index in [1.165, 1.54) is 5.56 Å². The van der Waals surface area contributed by atoms with Gasteiger partial charge in [-0.1, -0.05) is 68.4 Å². The standard InChI is InChI=1S/C24H36N4O2S.HI/c1-6-25-23(27-18-24(4,5)22-14-8-7-9-15-22)26-16-20-12-10-11-13-21(20)17-31(29,30)28-19(2)3;/h7-15,19,28H,6,16-18H2,1-5H3,(H2,25,26,27);1H. The Bertz CT molecular complexity index is 961. The van der Waals surface area contributed by atoms with Gasteiger partial charge in [-0.2, -0.15) is 0 Å². The fourth-order valence-electron chi connectivity index (χ4n) is 3.26. The van der Waals surface area contributed by atoms with E-state index in [1.54, 1.807) is 0 Å². The first-order valence-electron chi connectivity index (χ1n) is 10.8. The largest absolute Gasteiger partial charge is 0.357 e. The van der Waals surface area contributed by atoms with E-state index in [1.807, 2.05) is 51.1 Å². The number of benzene rings is 2. The van der Waals surface area contributed by atoms with Crippen LogP contribution in [0.5, 0.6) is 0 Å². The molecule has 0 amide bonds. The highest BCUT2D eigenvalue weighted by Gasteiger charge is 2.20. The van der Waals surface area contributed by atoms with Gasteiger partial charge in [-0.25, -0.2) is 18.1 Å². The molecule has 2 aromatic rings. The third-order valence-electron chi connectivity index (χ3n) is 4.88. The van der Waals surface area contributed by atoms with E-state index in [2.05, 4.69) is 53.5 Å². The highest BCUT2D eigenvalue weighted by Crippen LogP contribution is 2.21. The molecule has 0 radical (unpaired) electrons. The van der Waals surface area contributed by atoms with E-state index in [9.17, 15) is 8.42 Å². The Labute approximate surface area is 210 Å². The molecule has 32 heavy (non-hydrogen) atoms. The summed E-state index contributed by atoms with van der Waals surface area (Å²) in [7, 11) is -3.40. The van der Waals surface area contributed by atoms with Gasteiger partial charge in [-0.05, 0) is 37.5 Å². The molecule has 0 aromatic heterocycles. The quantitative estimate of drug-likeness (QED) is 0.227. The minimum absolute atomic E-state index is 0. The monoisotopic (exact) mass is 572 g/mol. The number of guanidine groups is 1. The first kappa shape index (κ1) is 28.4. The summed E-state index contributed by atoms with van der Waals surface area (Å²) in [6, 6.07) is 17.8. The Balaban J connectivity index is 0.00000512. The van der Waals surface area contributed by atoms with Gasteiger partial charge in [0, 0.05) is 24.5 Å². The molecule has 0 aliphatic carbocycles. The molecule has 0 unspecified atom stereocenters. The average Bonchev–Trinajstić information content (AvgIpc) is 2.70. The van der Waals surface area contributed by atoms with E-state index in [0.717, 1.165) is 24.2 Å². The molecule has 0 saturated heterocycles. The van der Waals surface area contributed by atoms with Crippen LogP contribution in [0.4, 0.5) is 0 Å². The number of sulfonamides is 1. The number of rotatable bonds is 10. The van der Waals surface area contributed by atoms with Crippen LogP contribution >= 0.6 is 24.0 Å². The topological polar surface area (TPSA) is 82.6 Å². The van der Waals surface area contributed by atoms with Gasteiger partial charge >= 0.3 is 0 Å². The van der Waals surface area contributed by atoms with Crippen LogP contribution in [-0.4, -0.2) is 33.5 Å². The van der Waals surface area contributed by atoms with Crippen LogP contribution in [0, 0.1) is 0 Å². The zero-order chi connectivity index (χ0) is 22.9. The molecule has 3 N–H and O–H groups in total. The summed E-state index contributed by atoms with van der Waals surface area (Å²) in [6.07, 6.45) is 0. The molecule has 2 rings (SSSR count). The van der Waals surface area contributed by atoms with Gasteiger partial charge in [-0.3, -0.25) is 0 Å². The predicted molar refractivity (Wildman–Crippen MR) is 145 cm³/mol. The van der Waals surface area contributed by atoms with Crippen molar-refractivity contribution in [1.82, 2.24) is 15.4 Å². The van der Waals surface area contributed by atoms with Crippen molar-refractivity contribution in [3.8, 4) is 0 Å². The molecule has 178 valence electrons. The van der Waals surface area contributed by atoms with Crippen LogP contribution in [0.25, 0.3) is 0 Å². The lowest BCUT2D eigenvalue weighted by atomic mass is 9.85. The highest BCUT2D eigenvalue weighted by atomic mass is 127. The normalized spacial score (nSPS) is 12.4. The van der Waals surface area contributed by atoms with Crippen LogP contribution in [0.15, 0.2) is 59.6 Å². The number of aliphatic imine (C=N–C) groups is 1. The predicted octanol–water partition coefficient (Wildman–Crippen LogP) is 4.17. The average molecular weight is 573 g/mol. The number of hydrogen-bond donors (Lipinski definition) is 3. The van der Waals surface area contributed by atoms with Gasteiger partial charge in [0.25, 0.3) is 0 Å². The molecular formula is C24H37IN4O2S. The lowest BCUT2D eigenvalue weighted by Gasteiger charge is -2.26. The zero-order valence-electron chi connectivity index (χ0n) is 19.7. The molecule has 0 bridgehead atoms. The van der Waals surface area contributed by atoms with Crippen molar-refractivity contribution >= 4 is 40.0 Å². The summed E-state index contributed by atoms with van der Waals surface area (Å²) in [5.74, 6) is 0.659. The van der Waals surface area contributed by atoms with Crippen molar-refractivity contribution in [2.75, 3.05) is 13.1 Å². The molecule has 6 nitrogen and oxygen atoms in total. The van der Waals surface area contributed by atoms with Crippen molar-refractivity contribution in [2.24, 2.45) is 4.99 Å². The molecule has 2 aromatic carbocycles. The maximum Gasteiger partial charge on any atom is 0.216 e. The summed E-state index contributed by atoms with van der Waals surface area (Å²) in [4.78, 5) is 4.71. The summed E-state index contributed by atoms with van der Waals surface area (Å²) in [5, 5.41) is 6.71. The number of halogens is 1. The summed E-state index contributed by atoms with van der Waals surface area (Å²) in [6.45, 7) is 11.9. The van der Waals surface area contributed by atoms with Crippen LogP contribution in [-0.2, 0) is 27.7 Å². The third kappa shape index (κ3) is 9.46. The minimum Gasteiger partial charge on any atom is -0.357 e. The first-order chi connectivity index (χ1) is 14.6. The molecule has 0 aliphatic heterocycles. The Morgan fingerprint density at radius 2 is 1.56 bits per heavy atom. The van der Waals surface area contributed by atoms with Gasteiger partial charge in [0.05, 0.1) is 12.3 Å². The fourth-order valence-corrected chi connectivity index (χ4v) is 4.75. The minimum atomic E-state index is -3.40. The smallest absolute Gasteiger partial charge is 0.216 e. The zero-order valence-corrected chi connectivity index (χ0v) is 22.8. The molecular weight excluding hydrogens is 535 g/mol. The van der Waals surface area contributed by atoms with Crippen LogP contribution in [0.1, 0.15) is 51.3 Å². The van der Waals surface area contributed by atoms with E-state index in [4.69, 9.17) is 4.99 Å². The van der Waals surface area contributed by atoms with E-state index < -0.39 is 10.0 Å². The second kappa shape index (κ2) is 13.2. The lowest BCUT2D eigenvalue weighted by Crippen LogP contribution is -2.43. The van der Waals surface area contributed by atoms with Crippen molar-refractivity contribution < 1.29 is 8.42 Å². The molecule has 0 fully saturated rings. The van der Waals surface area contributed by atoms with Crippen LogP contribution in [0.3, 0.4) is 0 Å². The van der Waals surface area contributed by atoms with Gasteiger partial charge < -0.3 is 10.6 Å². The van der Waals surface area contributed by atoms with E-state index in [0.29, 0.717) is 12.5 Å². The van der Waals surface area contributed by atoms with E-state index in [-0.39, 0.29) is 41.2 Å². The Kier molecular flexibility index (Phi) is 11.7. The molecule has 0 atom stereocenters. The van der Waals surface area contributed by atoms with E-state index >= 15 is 0 Å². The third-order valence-corrected chi connectivity index (χ3v) is 6.41. The van der Waals surface area contributed by atoms with Gasteiger partial charge in [0.15, 0.2) is 5.96 Å². The highest BCUT2D eigenvalue weighted by molar-refractivity contribution is 14.0. The van der Waals surface area contributed by atoms with Crippen molar-refractivity contribution in [2.45, 2.75) is 58.4 Å². The number of nitrogens with zero attached hydrogens (tertiary/aromatic N) is 1. The SMILES string of the molecule is CCNC(=NCc1ccccc1CS(=O)(=O)NC(C)C)NCC(C)(C)c1ccccc1.I. The fraction of sp³-hybridized carbons (Fsp3) is 0.458. The second-order valence-electron chi connectivity index (χ2n) is 8.60. The molecule has 0 aliphatic rings. The molecule has 0 spiro atoms. The van der Waals surface area contributed by atoms with Gasteiger partial charge in [0.2, 0.25) is 10.0 Å². The number of nitrogens with one attached hydrogen (secondary N) is 3. The maximum absolute atomic E-state index is 12.4. The maximum atomic E-state index is 12.4. The Morgan fingerprint density at radius 3 is 2.16 bits per heavy atom. The van der Waals surface area contributed by atoms with Crippen molar-refractivity contribution in [3.63, 3.8) is 0 Å². The summed E-state index contributed by atoms with van der Waals surface area (Å²) >= 11 is 0. The summed E-state index contributed by atoms with van der Waals surface area (Å²) in [5.41, 5.74) is 2.86. The van der Waals surface area contributed by atoms with Crippen molar-refractivity contribution in [1.29, 1.82) is 0 Å². The van der Waals surface area contributed by atoms with Gasteiger partial charge in [-0.15, -0.1) is 24.0 Å². The molecule has 0 heterocycles. The Morgan fingerprint density at radius 1 is 0.969 bits per heavy atom. The van der Waals surface area contributed by atoms with Gasteiger partial charge in [0.1, 0.15) is 0 Å². The van der Waals surface area contributed by atoms with Crippen LogP contribution < -0.4 is 15.4 Å². The summed E-state index contributed by atoms with van der Waals surface area (Å²) < 4.78 is 27.4. The number of hydrogen-bond acceptors (Lipinski definition) is 3. The lowest BCUT2D eigenvalue weighted by molar-refractivity contribution is 0.508. The first-order valence-corrected chi connectivity index (χ1v) is 12.4. The Hall–Kier alpha value is -1.65.